The first kappa shape index (κ1) is 11.0. The molecule has 2 unspecified atom stereocenters. The van der Waals surface area contributed by atoms with Crippen molar-refractivity contribution in [2.45, 2.75) is 19.4 Å². The first-order valence-corrected chi connectivity index (χ1v) is 5.22. The zero-order valence-corrected chi connectivity index (χ0v) is 9.16. The summed E-state index contributed by atoms with van der Waals surface area (Å²) < 4.78 is 0. The number of likely N-dealkylation sites (tertiary alicyclic amines) is 1. The Balaban J connectivity index is 2.28. The quantitative estimate of drug-likeness (QED) is 0.680. The van der Waals surface area contributed by atoms with E-state index in [1.54, 1.807) is 0 Å². The fourth-order valence-corrected chi connectivity index (χ4v) is 2.10. The van der Waals surface area contributed by atoms with Gasteiger partial charge in [-0.05, 0) is 46.4 Å². The highest BCUT2D eigenvalue weighted by molar-refractivity contribution is 4.80. The van der Waals surface area contributed by atoms with E-state index < -0.39 is 0 Å². The zero-order valence-electron chi connectivity index (χ0n) is 9.16. The van der Waals surface area contributed by atoms with E-state index in [0.29, 0.717) is 6.04 Å². The molecule has 1 heterocycles. The minimum absolute atomic E-state index is 0.673. The van der Waals surface area contributed by atoms with Gasteiger partial charge in [-0.25, -0.2) is 0 Å². The van der Waals surface area contributed by atoms with Crippen LogP contribution in [0.2, 0.25) is 0 Å². The molecule has 0 saturated carbocycles. The van der Waals surface area contributed by atoms with E-state index in [1.165, 1.54) is 19.5 Å². The molecular formula is C10H23N3. The van der Waals surface area contributed by atoms with Crippen molar-refractivity contribution in [2.24, 2.45) is 11.7 Å². The Morgan fingerprint density at radius 3 is 2.69 bits per heavy atom. The van der Waals surface area contributed by atoms with E-state index in [2.05, 4.69) is 30.8 Å². The van der Waals surface area contributed by atoms with Crippen LogP contribution in [0.25, 0.3) is 0 Å². The van der Waals surface area contributed by atoms with Gasteiger partial charge >= 0.3 is 0 Å². The number of nitrogens with zero attached hydrogens (tertiary/aromatic N) is 2. The summed E-state index contributed by atoms with van der Waals surface area (Å²) in [5, 5.41) is 0. The highest BCUT2D eigenvalue weighted by atomic mass is 15.2. The van der Waals surface area contributed by atoms with Crippen molar-refractivity contribution in [1.29, 1.82) is 0 Å². The highest BCUT2D eigenvalue weighted by Gasteiger charge is 2.24. The lowest BCUT2D eigenvalue weighted by molar-refractivity contribution is 0.203. The van der Waals surface area contributed by atoms with Crippen LogP contribution in [0.3, 0.4) is 0 Å². The van der Waals surface area contributed by atoms with Gasteiger partial charge in [-0.3, -0.25) is 4.90 Å². The summed E-state index contributed by atoms with van der Waals surface area (Å²) in [4.78, 5) is 4.80. The summed E-state index contributed by atoms with van der Waals surface area (Å²) in [5.41, 5.74) is 5.66. The molecule has 2 N–H and O–H groups in total. The molecule has 1 aliphatic heterocycles. The second kappa shape index (κ2) is 4.94. The molecule has 78 valence electrons. The number of nitrogens with two attached hydrogens (primary N) is 1. The molecule has 3 nitrogen and oxygen atoms in total. The van der Waals surface area contributed by atoms with Crippen LogP contribution in [0.4, 0.5) is 0 Å². The van der Waals surface area contributed by atoms with E-state index in [1.807, 2.05) is 0 Å². The summed E-state index contributed by atoms with van der Waals surface area (Å²) in [6, 6.07) is 0.673. The topological polar surface area (TPSA) is 32.5 Å². The normalized spacial score (nSPS) is 27.0. The molecule has 1 aliphatic rings. The monoisotopic (exact) mass is 185 g/mol. The molecule has 2 atom stereocenters. The molecule has 13 heavy (non-hydrogen) atoms. The van der Waals surface area contributed by atoms with E-state index >= 15 is 0 Å². The van der Waals surface area contributed by atoms with E-state index in [-0.39, 0.29) is 0 Å². The Kier molecular flexibility index (Phi) is 4.16. The maximum atomic E-state index is 5.66. The van der Waals surface area contributed by atoms with E-state index in [0.717, 1.165) is 19.0 Å². The predicted molar refractivity (Wildman–Crippen MR) is 56.8 cm³/mol. The largest absolute Gasteiger partial charge is 0.330 e. The van der Waals surface area contributed by atoms with Gasteiger partial charge in [0.2, 0.25) is 0 Å². The van der Waals surface area contributed by atoms with Gasteiger partial charge in [0.15, 0.2) is 0 Å². The van der Waals surface area contributed by atoms with Gasteiger partial charge < -0.3 is 10.6 Å². The minimum atomic E-state index is 0.673. The summed E-state index contributed by atoms with van der Waals surface area (Å²) in [6.07, 6.45) is 1.29. The van der Waals surface area contributed by atoms with Crippen molar-refractivity contribution >= 4 is 0 Å². The molecule has 1 fully saturated rings. The molecule has 0 aromatic heterocycles. The third-order valence-corrected chi connectivity index (χ3v) is 2.90. The average Bonchev–Trinajstić information content (AvgIpc) is 2.50. The third-order valence-electron chi connectivity index (χ3n) is 2.90. The Labute approximate surface area is 81.9 Å². The van der Waals surface area contributed by atoms with Crippen LogP contribution in [0, 0.1) is 5.92 Å². The van der Waals surface area contributed by atoms with Gasteiger partial charge in [0.05, 0.1) is 0 Å². The summed E-state index contributed by atoms with van der Waals surface area (Å²) in [5.74, 6) is 0.740. The molecule has 0 aromatic rings. The number of hydrogen-bond donors (Lipinski definition) is 1. The van der Waals surface area contributed by atoms with Crippen molar-refractivity contribution in [3.63, 3.8) is 0 Å². The standard InChI is InChI=1S/C10H23N3/c1-9(7-12(2)3)13-5-4-10(6-11)8-13/h9-10H,4-8,11H2,1-3H3. The van der Waals surface area contributed by atoms with Crippen LogP contribution < -0.4 is 5.73 Å². The van der Waals surface area contributed by atoms with Gasteiger partial charge in [-0.15, -0.1) is 0 Å². The molecule has 0 spiro atoms. The summed E-state index contributed by atoms with van der Waals surface area (Å²) in [6.45, 7) is 6.74. The van der Waals surface area contributed by atoms with Crippen LogP contribution in [-0.2, 0) is 0 Å². The van der Waals surface area contributed by atoms with Gasteiger partial charge in [-0.1, -0.05) is 0 Å². The van der Waals surface area contributed by atoms with Gasteiger partial charge in [0, 0.05) is 19.1 Å². The first-order valence-electron chi connectivity index (χ1n) is 5.22. The average molecular weight is 185 g/mol. The van der Waals surface area contributed by atoms with Gasteiger partial charge in [0.25, 0.3) is 0 Å². The molecule has 0 amide bonds. The van der Waals surface area contributed by atoms with Gasteiger partial charge in [0.1, 0.15) is 0 Å². The number of hydrogen-bond acceptors (Lipinski definition) is 3. The van der Waals surface area contributed by atoms with Crippen LogP contribution in [0.1, 0.15) is 13.3 Å². The molecule has 1 rings (SSSR count). The molecule has 0 aliphatic carbocycles. The molecule has 0 radical (unpaired) electrons. The number of rotatable bonds is 4. The van der Waals surface area contributed by atoms with Gasteiger partial charge in [-0.2, -0.15) is 0 Å². The molecular weight excluding hydrogens is 162 g/mol. The molecule has 3 heteroatoms. The smallest absolute Gasteiger partial charge is 0.0194 e. The van der Waals surface area contributed by atoms with E-state index in [4.69, 9.17) is 5.73 Å². The van der Waals surface area contributed by atoms with E-state index in [9.17, 15) is 0 Å². The van der Waals surface area contributed by atoms with Crippen molar-refractivity contribution < 1.29 is 0 Å². The van der Waals surface area contributed by atoms with Crippen LogP contribution in [0.5, 0.6) is 0 Å². The Morgan fingerprint density at radius 2 is 2.23 bits per heavy atom. The fourth-order valence-electron chi connectivity index (χ4n) is 2.10. The predicted octanol–water partition coefficient (Wildman–Crippen LogP) is 0.217. The molecule has 0 aromatic carbocycles. The Morgan fingerprint density at radius 1 is 1.54 bits per heavy atom. The Hall–Kier alpha value is -0.120. The first-order chi connectivity index (χ1) is 6.13. The maximum Gasteiger partial charge on any atom is 0.0194 e. The van der Waals surface area contributed by atoms with Crippen molar-refractivity contribution in [3.8, 4) is 0 Å². The van der Waals surface area contributed by atoms with Crippen molar-refractivity contribution in [2.75, 3.05) is 40.3 Å². The van der Waals surface area contributed by atoms with Crippen LogP contribution in [-0.4, -0.2) is 56.1 Å². The second-order valence-electron chi connectivity index (χ2n) is 4.50. The second-order valence-corrected chi connectivity index (χ2v) is 4.50. The lowest BCUT2D eigenvalue weighted by Crippen LogP contribution is -2.39. The lowest BCUT2D eigenvalue weighted by Gasteiger charge is -2.26. The third kappa shape index (κ3) is 3.25. The fraction of sp³-hybridized carbons (Fsp3) is 1.00. The van der Waals surface area contributed by atoms with Crippen molar-refractivity contribution in [3.05, 3.63) is 0 Å². The van der Waals surface area contributed by atoms with Crippen LogP contribution >= 0.6 is 0 Å². The minimum Gasteiger partial charge on any atom is -0.330 e. The van der Waals surface area contributed by atoms with Crippen LogP contribution in [0.15, 0.2) is 0 Å². The number of likely N-dealkylation sites (N-methyl/N-ethyl adjacent to an activating group) is 1. The maximum absolute atomic E-state index is 5.66. The highest BCUT2D eigenvalue weighted by Crippen LogP contribution is 2.17. The zero-order chi connectivity index (χ0) is 9.84. The Bertz CT molecular complexity index is 147. The summed E-state index contributed by atoms with van der Waals surface area (Å²) >= 11 is 0. The molecule has 1 saturated heterocycles. The van der Waals surface area contributed by atoms with Crippen molar-refractivity contribution in [1.82, 2.24) is 9.80 Å². The lowest BCUT2D eigenvalue weighted by atomic mass is 10.1. The summed E-state index contributed by atoms with van der Waals surface area (Å²) in [7, 11) is 4.26. The SMILES string of the molecule is CC(CN(C)C)N1CCC(CN)C1. The molecule has 0 bridgehead atoms.